The molecule has 1 unspecified atom stereocenters. The molecule has 0 spiro atoms. The Morgan fingerprint density at radius 2 is 1.86 bits per heavy atom. The van der Waals surface area contributed by atoms with Crippen molar-refractivity contribution in [2.75, 3.05) is 7.11 Å². The molecule has 0 fully saturated rings. The molecule has 2 rings (SSSR count). The number of carbonyl (C=O) groups is 2. The molecule has 2 aromatic rings. The summed E-state index contributed by atoms with van der Waals surface area (Å²) >= 11 is 1.10. The second kappa shape index (κ2) is 6.72. The molecule has 116 valence electrons. The number of carboxylic acids is 2. The van der Waals surface area contributed by atoms with Gasteiger partial charge in [-0.2, -0.15) is 0 Å². The van der Waals surface area contributed by atoms with Crippen LogP contribution in [0.15, 0.2) is 41.8 Å². The lowest BCUT2D eigenvalue weighted by atomic mass is 9.82. The van der Waals surface area contributed by atoms with E-state index in [1.165, 1.54) is 7.11 Å². The monoisotopic (exact) mass is 320 g/mol. The minimum atomic E-state index is -1.09. The maximum atomic E-state index is 11.5. The molecule has 1 heterocycles. The summed E-state index contributed by atoms with van der Waals surface area (Å²) in [5, 5.41) is 20.1. The van der Waals surface area contributed by atoms with Crippen molar-refractivity contribution in [2.45, 2.75) is 18.4 Å². The molecule has 22 heavy (non-hydrogen) atoms. The van der Waals surface area contributed by atoms with Crippen LogP contribution in [0.25, 0.3) is 0 Å². The van der Waals surface area contributed by atoms with Crippen molar-refractivity contribution in [2.24, 2.45) is 0 Å². The number of methoxy groups -OCH3 is 1. The van der Waals surface area contributed by atoms with Crippen molar-refractivity contribution >= 4 is 23.3 Å². The predicted octanol–water partition coefficient (Wildman–Crippen LogP) is 3.20. The van der Waals surface area contributed by atoms with Gasteiger partial charge in [-0.15, -0.1) is 11.3 Å². The summed E-state index contributed by atoms with van der Waals surface area (Å²) in [7, 11) is 1.47. The van der Waals surface area contributed by atoms with Gasteiger partial charge in [0.1, 0.15) is 10.5 Å². The Morgan fingerprint density at radius 3 is 2.41 bits per heavy atom. The average Bonchev–Trinajstić information content (AvgIpc) is 2.99. The van der Waals surface area contributed by atoms with Gasteiger partial charge in [0.15, 0.2) is 0 Å². The fraction of sp³-hybridized carbons (Fsp3) is 0.250. The summed E-state index contributed by atoms with van der Waals surface area (Å²) in [6, 6.07) is 10.8. The van der Waals surface area contributed by atoms with E-state index in [9.17, 15) is 14.7 Å². The fourth-order valence-electron chi connectivity index (χ4n) is 2.55. The third kappa shape index (κ3) is 3.03. The number of ether oxygens (including phenoxy) is 1. The van der Waals surface area contributed by atoms with Crippen LogP contribution in [0.3, 0.4) is 0 Å². The Hall–Kier alpha value is -2.18. The SMILES string of the molecule is COC(CCC(=O)O)(c1ccccc1)c1ccsc1C(=O)O. The molecule has 0 aliphatic rings. The van der Waals surface area contributed by atoms with Crippen LogP contribution in [0.1, 0.15) is 33.6 Å². The van der Waals surface area contributed by atoms with Gasteiger partial charge in [-0.3, -0.25) is 4.79 Å². The van der Waals surface area contributed by atoms with E-state index in [4.69, 9.17) is 9.84 Å². The molecule has 0 saturated heterocycles. The summed E-state index contributed by atoms with van der Waals surface area (Å²) in [5.74, 6) is -2.00. The van der Waals surface area contributed by atoms with Crippen LogP contribution in [0.2, 0.25) is 0 Å². The number of aliphatic carboxylic acids is 1. The zero-order valence-corrected chi connectivity index (χ0v) is 12.8. The molecule has 0 bridgehead atoms. The van der Waals surface area contributed by atoms with Gasteiger partial charge in [-0.25, -0.2) is 4.79 Å². The second-order valence-electron chi connectivity index (χ2n) is 4.76. The highest BCUT2D eigenvalue weighted by Crippen LogP contribution is 2.41. The average molecular weight is 320 g/mol. The van der Waals surface area contributed by atoms with E-state index in [1.54, 1.807) is 11.4 Å². The number of thiophene rings is 1. The topological polar surface area (TPSA) is 83.8 Å². The van der Waals surface area contributed by atoms with Crippen molar-refractivity contribution in [1.82, 2.24) is 0 Å². The molecule has 1 aromatic carbocycles. The smallest absolute Gasteiger partial charge is 0.346 e. The Balaban J connectivity index is 2.60. The minimum Gasteiger partial charge on any atom is -0.481 e. The van der Waals surface area contributed by atoms with Crippen molar-refractivity contribution in [3.8, 4) is 0 Å². The lowest BCUT2D eigenvalue weighted by molar-refractivity contribution is -0.138. The lowest BCUT2D eigenvalue weighted by Crippen LogP contribution is -2.32. The zero-order chi connectivity index (χ0) is 16.2. The molecule has 1 aromatic heterocycles. The standard InChI is InChI=1S/C16H16O5S/c1-21-16(9-7-13(17)18,11-5-3-2-4-6-11)12-8-10-22-14(12)15(19)20/h2-6,8,10H,7,9H2,1H3,(H,17,18)(H,19,20). The third-order valence-electron chi connectivity index (χ3n) is 3.57. The van der Waals surface area contributed by atoms with Crippen molar-refractivity contribution in [3.63, 3.8) is 0 Å². The molecule has 2 N–H and O–H groups in total. The van der Waals surface area contributed by atoms with Gasteiger partial charge in [0.25, 0.3) is 0 Å². The molecule has 5 nitrogen and oxygen atoms in total. The number of hydrogen-bond donors (Lipinski definition) is 2. The highest BCUT2D eigenvalue weighted by molar-refractivity contribution is 7.12. The number of carboxylic acid groups (broad SMARTS) is 2. The van der Waals surface area contributed by atoms with Gasteiger partial charge in [0.05, 0.1) is 0 Å². The van der Waals surface area contributed by atoms with E-state index in [0.717, 1.165) is 16.9 Å². The quantitative estimate of drug-likeness (QED) is 0.818. The summed E-state index contributed by atoms with van der Waals surface area (Å²) < 4.78 is 5.69. The van der Waals surface area contributed by atoms with Crippen LogP contribution in [0, 0.1) is 0 Å². The number of rotatable bonds is 7. The molecular weight excluding hydrogens is 304 g/mol. The number of aromatic carboxylic acids is 1. The predicted molar refractivity (Wildman–Crippen MR) is 82.4 cm³/mol. The first kappa shape index (κ1) is 16.2. The van der Waals surface area contributed by atoms with Gasteiger partial charge in [-0.05, 0) is 23.4 Å². The van der Waals surface area contributed by atoms with Crippen LogP contribution in [-0.2, 0) is 15.1 Å². The van der Waals surface area contributed by atoms with E-state index in [1.807, 2.05) is 30.3 Å². The van der Waals surface area contributed by atoms with Gasteiger partial charge in [-0.1, -0.05) is 30.3 Å². The first-order chi connectivity index (χ1) is 10.5. The van der Waals surface area contributed by atoms with Crippen LogP contribution in [0.5, 0.6) is 0 Å². The summed E-state index contributed by atoms with van der Waals surface area (Å²) in [6.45, 7) is 0. The van der Waals surface area contributed by atoms with Crippen molar-refractivity contribution < 1.29 is 24.5 Å². The molecule has 0 saturated carbocycles. The van der Waals surface area contributed by atoms with Crippen molar-refractivity contribution in [3.05, 3.63) is 57.8 Å². The normalized spacial score (nSPS) is 13.5. The summed E-state index contributed by atoms with van der Waals surface area (Å²) in [4.78, 5) is 22.6. The van der Waals surface area contributed by atoms with Crippen LogP contribution < -0.4 is 0 Å². The maximum absolute atomic E-state index is 11.5. The van der Waals surface area contributed by atoms with E-state index >= 15 is 0 Å². The Kier molecular flexibility index (Phi) is 4.95. The molecular formula is C16H16O5S. The molecule has 1 atom stereocenters. The third-order valence-corrected chi connectivity index (χ3v) is 4.48. The molecule has 0 amide bonds. The Bertz CT molecular complexity index is 664. The lowest BCUT2D eigenvalue weighted by Gasteiger charge is -2.33. The Morgan fingerprint density at radius 1 is 1.18 bits per heavy atom. The highest BCUT2D eigenvalue weighted by atomic mass is 32.1. The summed E-state index contributed by atoms with van der Waals surface area (Å²) in [5.41, 5.74) is 0.132. The van der Waals surface area contributed by atoms with Crippen LogP contribution in [-0.4, -0.2) is 29.3 Å². The first-order valence-electron chi connectivity index (χ1n) is 6.65. The second-order valence-corrected chi connectivity index (χ2v) is 5.68. The highest BCUT2D eigenvalue weighted by Gasteiger charge is 2.38. The maximum Gasteiger partial charge on any atom is 0.346 e. The molecule has 0 aliphatic heterocycles. The zero-order valence-electron chi connectivity index (χ0n) is 12.0. The molecule has 6 heteroatoms. The van der Waals surface area contributed by atoms with Gasteiger partial charge in [0.2, 0.25) is 0 Å². The van der Waals surface area contributed by atoms with E-state index < -0.39 is 17.5 Å². The molecule has 0 radical (unpaired) electrons. The number of benzene rings is 1. The first-order valence-corrected chi connectivity index (χ1v) is 7.53. The van der Waals surface area contributed by atoms with Crippen molar-refractivity contribution in [1.29, 1.82) is 0 Å². The van der Waals surface area contributed by atoms with Gasteiger partial charge < -0.3 is 14.9 Å². The fourth-order valence-corrected chi connectivity index (χ4v) is 3.35. The van der Waals surface area contributed by atoms with E-state index in [-0.39, 0.29) is 17.7 Å². The van der Waals surface area contributed by atoms with Crippen LogP contribution >= 0.6 is 11.3 Å². The van der Waals surface area contributed by atoms with E-state index in [0.29, 0.717) is 5.56 Å². The van der Waals surface area contributed by atoms with Gasteiger partial charge >= 0.3 is 11.9 Å². The minimum absolute atomic E-state index is 0.127. The van der Waals surface area contributed by atoms with E-state index in [2.05, 4.69) is 0 Å². The number of hydrogen-bond acceptors (Lipinski definition) is 4. The van der Waals surface area contributed by atoms with Gasteiger partial charge in [0, 0.05) is 19.1 Å². The van der Waals surface area contributed by atoms with Crippen LogP contribution in [0.4, 0.5) is 0 Å². The Labute approximate surface area is 131 Å². The largest absolute Gasteiger partial charge is 0.481 e. The molecule has 0 aliphatic carbocycles. The summed E-state index contributed by atoms with van der Waals surface area (Å²) in [6.07, 6.45) is 0.0253.